The molecule has 2 rings (SSSR count). The summed E-state index contributed by atoms with van der Waals surface area (Å²) in [6.45, 7) is 0. The molecule has 0 saturated carbocycles. The van der Waals surface area contributed by atoms with Crippen LogP contribution in [-0.2, 0) is 6.42 Å². The number of nitrogens with one attached hydrogen (secondary N) is 1. The highest BCUT2D eigenvalue weighted by Crippen LogP contribution is 2.17. The number of nitriles is 2. The zero-order valence-electron chi connectivity index (χ0n) is 7.28. The van der Waals surface area contributed by atoms with Gasteiger partial charge in [0.15, 0.2) is 0 Å². The average Bonchev–Trinajstić information content (AvgIpc) is 2.65. The van der Waals surface area contributed by atoms with Crippen molar-refractivity contribution in [2.45, 2.75) is 6.42 Å². The van der Waals surface area contributed by atoms with E-state index in [2.05, 4.69) is 16.0 Å². The first kappa shape index (κ1) is 8.28. The van der Waals surface area contributed by atoms with Crippen LogP contribution in [0.1, 0.15) is 11.1 Å². The molecule has 1 N–H and O–H groups in total. The van der Waals surface area contributed by atoms with E-state index in [4.69, 9.17) is 10.5 Å². The van der Waals surface area contributed by atoms with E-state index in [0.717, 1.165) is 11.1 Å². The molecular formula is C10H6N4. The van der Waals surface area contributed by atoms with Gasteiger partial charge in [0.2, 0.25) is 0 Å². The summed E-state index contributed by atoms with van der Waals surface area (Å²) < 4.78 is 0. The molecule has 2 aromatic rings. The Balaban J connectivity index is 2.70. The van der Waals surface area contributed by atoms with E-state index < -0.39 is 0 Å². The van der Waals surface area contributed by atoms with Gasteiger partial charge in [-0.25, -0.2) is 4.98 Å². The number of nitrogens with zero attached hydrogens (tertiary/aromatic N) is 3. The largest absolute Gasteiger partial charge is 0.345 e. The first-order valence-corrected chi connectivity index (χ1v) is 4.08. The lowest BCUT2D eigenvalue weighted by atomic mass is 10.1. The van der Waals surface area contributed by atoms with Gasteiger partial charge in [-0.1, -0.05) is 0 Å². The van der Waals surface area contributed by atoms with Crippen LogP contribution in [-0.4, -0.2) is 9.97 Å². The van der Waals surface area contributed by atoms with Crippen molar-refractivity contribution in [3.8, 4) is 12.1 Å². The van der Waals surface area contributed by atoms with Crippen molar-refractivity contribution >= 4 is 11.0 Å². The summed E-state index contributed by atoms with van der Waals surface area (Å²) in [6.07, 6.45) is 1.85. The van der Waals surface area contributed by atoms with Crippen LogP contribution in [0.2, 0.25) is 0 Å². The fourth-order valence-corrected chi connectivity index (χ4v) is 1.39. The number of rotatable bonds is 1. The second kappa shape index (κ2) is 3.20. The maximum absolute atomic E-state index is 8.86. The third kappa shape index (κ3) is 1.19. The Morgan fingerprint density at radius 3 is 2.93 bits per heavy atom. The van der Waals surface area contributed by atoms with Gasteiger partial charge in [-0.3, -0.25) is 0 Å². The molecule has 0 bridgehead atoms. The number of benzene rings is 1. The van der Waals surface area contributed by atoms with E-state index in [0.29, 0.717) is 17.5 Å². The predicted octanol–water partition coefficient (Wildman–Crippen LogP) is 1.50. The van der Waals surface area contributed by atoms with Gasteiger partial charge < -0.3 is 4.98 Å². The summed E-state index contributed by atoms with van der Waals surface area (Å²) in [7, 11) is 0. The number of aromatic amines is 1. The second-order valence-electron chi connectivity index (χ2n) is 2.89. The molecule has 66 valence electrons. The molecule has 0 spiro atoms. The van der Waals surface area contributed by atoms with Gasteiger partial charge in [0.25, 0.3) is 0 Å². The zero-order chi connectivity index (χ0) is 9.97. The number of H-pyrrole nitrogens is 1. The predicted molar refractivity (Wildman–Crippen MR) is 50.1 cm³/mol. The normalized spacial score (nSPS) is 9.57. The summed E-state index contributed by atoms with van der Waals surface area (Å²) in [5.74, 6) is 0. The zero-order valence-corrected chi connectivity index (χ0v) is 7.28. The van der Waals surface area contributed by atoms with Crippen molar-refractivity contribution in [1.82, 2.24) is 9.97 Å². The molecule has 1 heterocycles. The van der Waals surface area contributed by atoms with Gasteiger partial charge in [0.05, 0.1) is 29.9 Å². The molecule has 0 aliphatic carbocycles. The van der Waals surface area contributed by atoms with Gasteiger partial charge in [-0.15, -0.1) is 0 Å². The molecule has 0 atom stereocenters. The number of hydrogen-bond donors (Lipinski definition) is 1. The van der Waals surface area contributed by atoms with E-state index in [9.17, 15) is 0 Å². The Hall–Kier alpha value is -2.33. The minimum Gasteiger partial charge on any atom is -0.345 e. The minimum atomic E-state index is 0.309. The van der Waals surface area contributed by atoms with Gasteiger partial charge >= 0.3 is 0 Å². The number of hydrogen-bond acceptors (Lipinski definition) is 3. The smallest absolute Gasteiger partial charge is 0.106 e. The topological polar surface area (TPSA) is 76.3 Å². The van der Waals surface area contributed by atoms with Crippen LogP contribution in [0, 0.1) is 22.7 Å². The SMILES string of the molecule is N#CCc1cc(C#N)c2nc[nH]c2c1. The molecule has 4 nitrogen and oxygen atoms in total. The number of fused-ring (bicyclic) bond motifs is 1. The van der Waals surface area contributed by atoms with Gasteiger partial charge in [-0.05, 0) is 17.7 Å². The minimum absolute atomic E-state index is 0.309. The van der Waals surface area contributed by atoms with Crippen LogP contribution in [0.4, 0.5) is 0 Å². The Bertz CT molecular complexity index is 553. The Kier molecular flexibility index (Phi) is 1.89. The third-order valence-electron chi connectivity index (χ3n) is 1.99. The van der Waals surface area contributed by atoms with Crippen molar-refractivity contribution in [1.29, 1.82) is 10.5 Å². The highest BCUT2D eigenvalue weighted by molar-refractivity contribution is 5.81. The molecule has 0 unspecified atom stereocenters. The highest BCUT2D eigenvalue weighted by atomic mass is 14.9. The lowest BCUT2D eigenvalue weighted by Gasteiger charge is -1.96. The van der Waals surface area contributed by atoms with Crippen molar-refractivity contribution in [2.24, 2.45) is 0 Å². The van der Waals surface area contributed by atoms with E-state index in [1.807, 2.05) is 12.1 Å². The molecule has 0 fully saturated rings. The molecule has 0 radical (unpaired) electrons. The van der Waals surface area contributed by atoms with Crippen LogP contribution in [0.3, 0.4) is 0 Å². The van der Waals surface area contributed by atoms with Crippen LogP contribution in [0.15, 0.2) is 18.5 Å². The van der Waals surface area contributed by atoms with E-state index in [-0.39, 0.29) is 0 Å². The standard InChI is InChI=1S/C10H6N4/c11-2-1-7-3-8(5-12)10-9(4-7)13-6-14-10/h3-4,6H,1H2,(H,13,14). The van der Waals surface area contributed by atoms with Crippen LogP contribution in [0.5, 0.6) is 0 Å². The first-order valence-electron chi connectivity index (χ1n) is 4.08. The molecule has 0 saturated heterocycles. The molecule has 1 aromatic carbocycles. The van der Waals surface area contributed by atoms with Crippen LogP contribution in [0.25, 0.3) is 11.0 Å². The molecule has 1 aromatic heterocycles. The molecule has 0 aliphatic rings. The maximum Gasteiger partial charge on any atom is 0.106 e. The molecule has 4 heteroatoms. The third-order valence-corrected chi connectivity index (χ3v) is 1.99. The van der Waals surface area contributed by atoms with Crippen LogP contribution < -0.4 is 0 Å². The lowest BCUT2D eigenvalue weighted by Crippen LogP contribution is -1.86. The fraction of sp³-hybridized carbons (Fsp3) is 0.100. The summed E-state index contributed by atoms with van der Waals surface area (Å²) >= 11 is 0. The summed E-state index contributed by atoms with van der Waals surface area (Å²) in [6, 6.07) is 7.65. The fourth-order valence-electron chi connectivity index (χ4n) is 1.39. The molecule has 0 amide bonds. The van der Waals surface area contributed by atoms with Gasteiger partial charge in [0, 0.05) is 0 Å². The average molecular weight is 182 g/mol. The van der Waals surface area contributed by atoms with E-state index in [1.54, 1.807) is 12.4 Å². The summed E-state index contributed by atoms with van der Waals surface area (Å²) in [4.78, 5) is 6.95. The highest BCUT2D eigenvalue weighted by Gasteiger charge is 2.05. The number of aromatic nitrogens is 2. The van der Waals surface area contributed by atoms with Gasteiger partial charge in [-0.2, -0.15) is 10.5 Å². The number of imidazole rings is 1. The second-order valence-corrected chi connectivity index (χ2v) is 2.89. The Morgan fingerprint density at radius 1 is 1.36 bits per heavy atom. The van der Waals surface area contributed by atoms with Crippen molar-refractivity contribution < 1.29 is 0 Å². The molecular weight excluding hydrogens is 176 g/mol. The van der Waals surface area contributed by atoms with Crippen molar-refractivity contribution in [3.05, 3.63) is 29.6 Å². The first-order chi connectivity index (χ1) is 6.85. The van der Waals surface area contributed by atoms with E-state index >= 15 is 0 Å². The van der Waals surface area contributed by atoms with Gasteiger partial charge in [0.1, 0.15) is 11.6 Å². The Morgan fingerprint density at radius 2 is 2.21 bits per heavy atom. The summed E-state index contributed by atoms with van der Waals surface area (Å²) in [5, 5.41) is 17.4. The summed E-state index contributed by atoms with van der Waals surface area (Å²) in [5.41, 5.74) is 2.80. The van der Waals surface area contributed by atoms with Crippen LogP contribution >= 0.6 is 0 Å². The van der Waals surface area contributed by atoms with E-state index in [1.165, 1.54) is 0 Å². The monoisotopic (exact) mass is 182 g/mol. The lowest BCUT2D eigenvalue weighted by molar-refractivity contribution is 1.26. The van der Waals surface area contributed by atoms with Crippen molar-refractivity contribution in [3.63, 3.8) is 0 Å². The molecule has 14 heavy (non-hydrogen) atoms. The maximum atomic E-state index is 8.86. The molecule has 0 aliphatic heterocycles. The Labute approximate surface area is 80.4 Å². The quantitative estimate of drug-likeness (QED) is 0.726. The van der Waals surface area contributed by atoms with Crippen molar-refractivity contribution in [2.75, 3.05) is 0 Å².